The van der Waals surface area contributed by atoms with Gasteiger partial charge in [-0.15, -0.1) is 0 Å². The Bertz CT molecular complexity index is 1360. The summed E-state index contributed by atoms with van der Waals surface area (Å²) in [7, 11) is -0.382. The number of methoxy groups -OCH3 is 1. The largest absolute Gasteiger partial charge is 0.491 e. The van der Waals surface area contributed by atoms with Crippen molar-refractivity contribution in [2.45, 2.75) is 72.1 Å². The maximum atomic E-state index is 13.3. The molecule has 0 saturated carbocycles. The highest BCUT2D eigenvalue weighted by Gasteiger charge is 2.27. The number of fused-ring (bicyclic) bond motifs is 2. The van der Waals surface area contributed by atoms with Crippen LogP contribution in [0.1, 0.15) is 68.4 Å². The molecule has 2 bridgehead atoms. The number of thiol groups is 1. The van der Waals surface area contributed by atoms with Gasteiger partial charge in [0.25, 0.3) is 5.91 Å². The number of anilines is 1. The molecule has 1 unspecified atom stereocenters. The Hall–Kier alpha value is -2.39. The van der Waals surface area contributed by atoms with Gasteiger partial charge in [0, 0.05) is 53.7 Å². The van der Waals surface area contributed by atoms with Gasteiger partial charge in [-0.25, -0.2) is 0 Å². The van der Waals surface area contributed by atoms with Crippen molar-refractivity contribution in [3.8, 4) is 5.75 Å². The Morgan fingerprint density at radius 1 is 1.05 bits per heavy atom. The molecule has 2 aliphatic heterocycles. The molecule has 0 radical (unpaired) electrons. The number of nitrogens with zero attached hydrogens (tertiary/aromatic N) is 2. The van der Waals surface area contributed by atoms with E-state index in [1.807, 2.05) is 31.2 Å². The number of ether oxygens (including phenoxy) is 3. The lowest BCUT2D eigenvalue weighted by Gasteiger charge is -2.34. The SMILES string of the molecule is CCCO[C@H]1/C=C/[C@H](OC)[C@H](C)[C@@H](C)CN2Cc3ccc(Cl)cc3CCCCOc3ccc(cc32)C(=O)/N=[SH](=O)\C[C@H]1C. The van der Waals surface area contributed by atoms with Crippen molar-refractivity contribution in [3.63, 3.8) is 0 Å². The van der Waals surface area contributed by atoms with Crippen LogP contribution in [0.3, 0.4) is 0 Å². The number of amides is 1. The lowest BCUT2D eigenvalue weighted by molar-refractivity contribution is 0.0510. The zero-order valence-electron chi connectivity index (χ0n) is 26.1. The van der Waals surface area contributed by atoms with Crippen molar-refractivity contribution in [2.75, 3.05) is 37.5 Å². The predicted molar refractivity (Wildman–Crippen MR) is 176 cm³/mol. The van der Waals surface area contributed by atoms with E-state index in [0.717, 1.165) is 42.1 Å². The van der Waals surface area contributed by atoms with Gasteiger partial charge < -0.3 is 19.1 Å². The molecule has 1 amide bonds. The maximum Gasteiger partial charge on any atom is 0.284 e. The second-order valence-electron chi connectivity index (χ2n) is 12.0. The molecule has 43 heavy (non-hydrogen) atoms. The van der Waals surface area contributed by atoms with Crippen LogP contribution in [0.2, 0.25) is 5.02 Å². The van der Waals surface area contributed by atoms with E-state index in [2.05, 4.69) is 48.2 Å². The number of hydrogen-bond acceptors (Lipinski definition) is 6. The number of aryl methyl sites for hydroxylation is 1. The standard InChI is InChI=1S/C34H47ClN2O5S/c1-6-16-41-31-14-15-32(40-5)25(4)23(2)20-37-21-28-10-12-29(35)18-26(28)9-7-8-17-42-33-13-11-27(19-30(33)37)34(38)36-43(39)22-24(31)3/h10-15,18-19,23-25,31-32,43H,6-9,16-17,20-22H2,1-5H3/b15-14+/t23-,24+,25+,31-,32-/m0/s1. The van der Waals surface area contributed by atoms with Gasteiger partial charge in [0.2, 0.25) is 0 Å². The van der Waals surface area contributed by atoms with Gasteiger partial charge in [-0.1, -0.05) is 57.5 Å². The van der Waals surface area contributed by atoms with Crippen LogP contribution >= 0.6 is 11.6 Å². The van der Waals surface area contributed by atoms with E-state index in [9.17, 15) is 9.00 Å². The van der Waals surface area contributed by atoms with E-state index in [1.165, 1.54) is 11.1 Å². The molecule has 236 valence electrons. The van der Waals surface area contributed by atoms with Crippen molar-refractivity contribution in [3.05, 3.63) is 70.3 Å². The first kappa shape index (κ1) is 33.5. The molecule has 4 rings (SSSR count). The highest BCUT2D eigenvalue weighted by atomic mass is 35.5. The smallest absolute Gasteiger partial charge is 0.284 e. The molecule has 2 aromatic carbocycles. The summed E-state index contributed by atoms with van der Waals surface area (Å²) in [5, 5.41) is 0.731. The molecule has 0 N–H and O–H groups in total. The summed E-state index contributed by atoms with van der Waals surface area (Å²) in [6.45, 7) is 11.0. The third kappa shape index (κ3) is 9.07. The van der Waals surface area contributed by atoms with Crippen molar-refractivity contribution >= 4 is 33.8 Å². The molecule has 0 spiro atoms. The molecule has 7 nitrogen and oxygen atoms in total. The fourth-order valence-electron chi connectivity index (χ4n) is 5.79. The number of carbonyl (C=O) groups excluding carboxylic acids is 1. The van der Waals surface area contributed by atoms with Crippen molar-refractivity contribution in [1.82, 2.24) is 0 Å². The normalized spacial score (nSPS) is 28.5. The predicted octanol–water partition coefficient (Wildman–Crippen LogP) is 7.15. The van der Waals surface area contributed by atoms with E-state index in [0.29, 0.717) is 31.9 Å². The van der Waals surface area contributed by atoms with E-state index in [-0.39, 0.29) is 35.7 Å². The number of rotatable bonds is 4. The fraction of sp³-hybridized carbons (Fsp3) is 0.559. The highest BCUT2D eigenvalue weighted by Crippen LogP contribution is 2.35. The number of hydrogen-bond donors (Lipinski definition) is 1. The van der Waals surface area contributed by atoms with Crippen LogP contribution < -0.4 is 9.64 Å². The minimum Gasteiger partial charge on any atom is -0.491 e. The van der Waals surface area contributed by atoms with Crippen LogP contribution in [-0.4, -0.2) is 54.9 Å². The van der Waals surface area contributed by atoms with Gasteiger partial charge in [0.1, 0.15) is 5.75 Å². The van der Waals surface area contributed by atoms with Crippen LogP contribution in [0.4, 0.5) is 5.69 Å². The molecule has 0 saturated heterocycles. The third-order valence-corrected chi connectivity index (χ3v) is 10.1. The van der Waals surface area contributed by atoms with E-state index >= 15 is 0 Å². The van der Waals surface area contributed by atoms with Gasteiger partial charge in [-0.3, -0.25) is 9.00 Å². The minimum atomic E-state index is -2.12. The molecular formula is C34H47ClN2O5S. The first-order chi connectivity index (χ1) is 20.7. The summed E-state index contributed by atoms with van der Waals surface area (Å²) in [5.74, 6) is 0.787. The number of halogens is 1. The van der Waals surface area contributed by atoms with Crippen LogP contribution in [0.25, 0.3) is 0 Å². The minimum absolute atomic E-state index is 0.0917. The first-order valence-electron chi connectivity index (χ1n) is 15.5. The maximum absolute atomic E-state index is 13.3. The van der Waals surface area contributed by atoms with E-state index in [4.69, 9.17) is 25.8 Å². The molecule has 2 heterocycles. The molecule has 9 heteroatoms. The summed E-state index contributed by atoms with van der Waals surface area (Å²) in [5.41, 5.74) is 3.66. The summed E-state index contributed by atoms with van der Waals surface area (Å²) in [4.78, 5) is 15.6. The lowest BCUT2D eigenvalue weighted by Crippen LogP contribution is -2.35. The topological polar surface area (TPSA) is 77.4 Å². The quantitative estimate of drug-likeness (QED) is 0.285. The Kier molecular flexibility index (Phi) is 12.5. The second-order valence-corrected chi connectivity index (χ2v) is 13.7. The Labute approximate surface area is 264 Å². The summed E-state index contributed by atoms with van der Waals surface area (Å²) in [6.07, 6.45) is 7.41. The number of carbonyl (C=O) groups is 1. The molecule has 2 aromatic rings. The Morgan fingerprint density at radius 2 is 1.84 bits per heavy atom. The summed E-state index contributed by atoms with van der Waals surface area (Å²) < 4.78 is 35.7. The van der Waals surface area contributed by atoms with Gasteiger partial charge in [0.05, 0.1) is 24.5 Å². The van der Waals surface area contributed by atoms with E-state index < -0.39 is 16.5 Å². The highest BCUT2D eigenvalue weighted by molar-refractivity contribution is 7.75. The average molecular weight is 631 g/mol. The molecule has 0 aromatic heterocycles. The van der Waals surface area contributed by atoms with Gasteiger partial charge in [-0.2, -0.15) is 4.36 Å². The summed E-state index contributed by atoms with van der Waals surface area (Å²) in [6, 6.07) is 11.6. The zero-order chi connectivity index (χ0) is 30.9. The second kappa shape index (κ2) is 16.1. The molecule has 0 fully saturated rings. The van der Waals surface area contributed by atoms with Crippen LogP contribution in [0.15, 0.2) is 52.9 Å². The van der Waals surface area contributed by atoms with Crippen molar-refractivity contribution in [2.24, 2.45) is 22.1 Å². The first-order valence-corrected chi connectivity index (χ1v) is 17.3. The van der Waals surface area contributed by atoms with Gasteiger partial charge in [0.15, 0.2) is 0 Å². The Balaban J connectivity index is 1.83. The van der Waals surface area contributed by atoms with E-state index in [1.54, 1.807) is 13.2 Å². The third-order valence-electron chi connectivity index (χ3n) is 8.58. The average Bonchev–Trinajstić information content (AvgIpc) is 3.01. The fourth-order valence-corrected chi connectivity index (χ4v) is 7.09. The van der Waals surface area contributed by atoms with Gasteiger partial charge in [-0.05, 0) is 84.9 Å². The van der Waals surface area contributed by atoms with Crippen molar-refractivity contribution in [1.29, 1.82) is 0 Å². The van der Waals surface area contributed by atoms with Gasteiger partial charge >= 0.3 is 0 Å². The van der Waals surface area contributed by atoms with Crippen LogP contribution in [-0.2, 0) is 33.0 Å². The monoisotopic (exact) mass is 630 g/mol. The molecule has 2 aliphatic rings. The van der Waals surface area contributed by atoms with Crippen LogP contribution in [0.5, 0.6) is 5.75 Å². The zero-order valence-corrected chi connectivity index (χ0v) is 27.8. The van der Waals surface area contributed by atoms with Crippen LogP contribution in [0, 0.1) is 17.8 Å². The Morgan fingerprint density at radius 3 is 2.60 bits per heavy atom. The summed E-state index contributed by atoms with van der Waals surface area (Å²) >= 11 is 6.42. The lowest BCUT2D eigenvalue weighted by atomic mass is 9.88. The number of benzene rings is 2. The molecule has 0 aliphatic carbocycles. The van der Waals surface area contributed by atoms with Crippen molar-refractivity contribution < 1.29 is 23.2 Å². The molecule has 6 atom stereocenters. The molecular weight excluding hydrogens is 584 g/mol.